The highest BCUT2D eigenvalue weighted by molar-refractivity contribution is 6.35. The van der Waals surface area contributed by atoms with Crippen molar-refractivity contribution in [2.75, 3.05) is 17.1 Å². The van der Waals surface area contributed by atoms with Crippen molar-refractivity contribution in [3.8, 4) is 5.75 Å². The third-order valence-electron chi connectivity index (χ3n) is 6.02. The number of hydrogen-bond donors (Lipinski definition) is 0. The Kier molecular flexibility index (Phi) is 5.84. The second kappa shape index (κ2) is 8.84. The van der Waals surface area contributed by atoms with Gasteiger partial charge in [-0.15, -0.1) is 0 Å². The number of nitro benzene ring substituents is 1. The van der Waals surface area contributed by atoms with E-state index in [9.17, 15) is 19.7 Å². The van der Waals surface area contributed by atoms with E-state index in [0.717, 1.165) is 4.90 Å². The molecule has 3 aromatic carbocycles. The standard InChI is InChI=1S/C24H17Cl2N3O6/c1-34-19-8-3-2-7-18(19)27-23(30)20-21(16-10-9-13(25)11-17(16)26)28(35-22(20)24(27)31)14-5-4-6-15(12-14)29(32)33/h2-12,20-22H,1H3. The second-order valence-electron chi connectivity index (χ2n) is 7.95. The summed E-state index contributed by atoms with van der Waals surface area (Å²) >= 11 is 12.6. The zero-order valence-electron chi connectivity index (χ0n) is 18.1. The molecule has 2 saturated heterocycles. The summed E-state index contributed by atoms with van der Waals surface area (Å²) in [4.78, 5) is 45.1. The van der Waals surface area contributed by atoms with E-state index in [-0.39, 0.29) is 10.7 Å². The van der Waals surface area contributed by atoms with Crippen molar-refractivity contribution in [2.24, 2.45) is 5.92 Å². The molecule has 0 aliphatic carbocycles. The largest absolute Gasteiger partial charge is 0.495 e. The average molecular weight is 514 g/mol. The van der Waals surface area contributed by atoms with Crippen molar-refractivity contribution < 1.29 is 24.1 Å². The topological polar surface area (TPSA) is 102 Å². The Hall–Kier alpha value is -3.66. The summed E-state index contributed by atoms with van der Waals surface area (Å²) in [5.74, 6) is -1.71. The summed E-state index contributed by atoms with van der Waals surface area (Å²) in [6.07, 6.45) is -1.18. The summed E-state index contributed by atoms with van der Waals surface area (Å²) in [7, 11) is 1.45. The number of halogens is 2. The lowest BCUT2D eigenvalue weighted by Gasteiger charge is -2.29. The number of non-ortho nitro benzene ring substituents is 1. The monoisotopic (exact) mass is 513 g/mol. The quantitative estimate of drug-likeness (QED) is 0.269. The predicted molar refractivity (Wildman–Crippen MR) is 129 cm³/mol. The van der Waals surface area contributed by atoms with Crippen molar-refractivity contribution in [1.29, 1.82) is 0 Å². The maximum atomic E-state index is 13.7. The molecule has 178 valence electrons. The van der Waals surface area contributed by atoms with Crippen LogP contribution in [0, 0.1) is 16.0 Å². The Morgan fingerprint density at radius 1 is 1.00 bits per heavy atom. The highest BCUT2D eigenvalue weighted by Gasteiger charge is 2.61. The van der Waals surface area contributed by atoms with Gasteiger partial charge in [-0.05, 0) is 35.9 Å². The Bertz CT molecular complexity index is 1370. The number of para-hydroxylation sites is 2. The molecule has 0 saturated carbocycles. The third kappa shape index (κ3) is 3.78. The number of fused-ring (bicyclic) bond motifs is 1. The zero-order chi connectivity index (χ0) is 24.9. The molecule has 0 bridgehead atoms. The highest BCUT2D eigenvalue weighted by Crippen LogP contribution is 2.50. The Morgan fingerprint density at radius 2 is 1.77 bits per heavy atom. The van der Waals surface area contributed by atoms with Crippen LogP contribution in [0.1, 0.15) is 11.6 Å². The number of hydrogen-bond acceptors (Lipinski definition) is 7. The van der Waals surface area contributed by atoms with Gasteiger partial charge in [-0.25, -0.2) is 9.96 Å². The van der Waals surface area contributed by atoms with Gasteiger partial charge in [0.25, 0.3) is 11.6 Å². The molecule has 3 aromatic rings. The number of benzene rings is 3. The van der Waals surface area contributed by atoms with E-state index in [0.29, 0.717) is 27.7 Å². The molecular weight excluding hydrogens is 497 g/mol. The van der Waals surface area contributed by atoms with Gasteiger partial charge in [0.05, 0.1) is 29.4 Å². The number of imide groups is 1. The third-order valence-corrected chi connectivity index (χ3v) is 6.58. The van der Waals surface area contributed by atoms with Crippen molar-refractivity contribution in [3.63, 3.8) is 0 Å². The molecule has 2 amide bonds. The minimum absolute atomic E-state index is 0.169. The SMILES string of the molecule is COc1ccccc1N1C(=O)C2ON(c3cccc([N+](=O)[O-])c3)C(c3ccc(Cl)cc3Cl)C2C1=O. The van der Waals surface area contributed by atoms with Gasteiger partial charge in [0.15, 0.2) is 6.10 Å². The lowest BCUT2D eigenvalue weighted by Crippen LogP contribution is -2.37. The zero-order valence-corrected chi connectivity index (χ0v) is 19.6. The van der Waals surface area contributed by atoms with Crippen LogP contribution in [-0.2, 0) is 14.4 Å². The van der Waals surface area contributed by atoms with Gasteiger partial charge in [0, 0.05) is 22.2 Å². The molecule has 0 aromatic heterocycles. The van der Waals surface area contributed by atoms with E-state index >= 15 is 0 Å². The Balaban J connectivity index is 1.63. The van der Waals surface area contributed by atoms with Gasteiger partial charge in [-0.1, -0.05) is 47.5 Å². The van der Waals surface area contributed by atoms with E-state index in [2.05, 4.69) is 0 Å². The number of carbonyl (C=O) groups is 2. The first-order valence-corrected chi connectivity index (χ1v) is 11.2. The minimum atomic E-state index is -1.18. The van der Waals surface area contributed by atoms with Gasteiger partial charge >= 0.3 is 0 Å². The number of nitrogens with zero attached hydrogens (tertiary/aromatic N) is 3. The number of nitro groups is 1. The average Bonchev–Trinajstić information content (AvgIpc) is 3.35. The van der Waals surface area contributed by atoms with Crippen molar-refractivity contribution in [1.82, 2.24) is 0 Å². The molecule has 0 radical (unpaired) electrons. The summed E-state index contributed by atoms with van der Waals surface area (Å²) in [5.41, 5.74) is 0.912. The van der Waals surface area contributed by atoms with Gasteiger partial charge in [0.1, 0.15) is 11.7 Å². The fourth-order valence-corrected chi connectivity index (χ4v) is 5.01. The van der Waals surface area contributed by atoms with Gasteiger partial charge < -0.3 is 4.74 Å². The number of anilines is 2. The van der Waals surface area contributed by atoms with Crippen molar-refractivity contribution in [2.45, 2.75) is 12.1 Å². The van der Waals surface area contributed by atoms with Crippen LogP contribution < -0.4 is 14.7 Å². The highest BCUT2D eigenvalue weighted by atomic mass is 35.5. The maximum Gasteiger partial charge on any atom is 0.271 e. The van der Waals surface area contributed by atoms with E-state index in [4.69, 9.17) is 32.8 Å². The molecule has 35 heavy (non-hydrogen) atoms. The van der Waals surface area contributed by atoms with Crippen LogP contribution in [0.4, 0.5) is 17.1 Å². The lowest BCUT2D eigenvalue weighted by molar-refractivity contribution is -0.384. The molecule has 2 fully saturated rings. The number of carbonyl (C=O) groups excluding carboxylic acids is 2. The predicted octanol–water partition coefficient (Wildman–Crippen LogP) is 4.96. The molecule has 2 aliphatic heterocycles. The number of amides is 2. The Morgan fingerprint density at radius 3 is 2.49 bits per heavy atom. The summed E-state index contributed by atoms with van der Waals surface area (Å²) in [6, 6.07) is 16.3. The normalized spacial score (nSPS) is 21.4. The first-order chi connectivity index (χ1) is 16.8. The first kappa shape index (κ1) is 23.1. The second-order valence-corrected chi connectivity index (χ2v) is 8.79. The van der Waals surface area contributed by atoms with Crippen LogP contribution in [0.3, 0.4) is 0 Å². The fraction of sp³-hybridized carbons (Fsp3) is 0.167. The summed E-state index contributed by atoms with van der Waals surface area (Å²) in [5, 5.41) is 13.3. The number of hydroxylamine groups is 1. The van der Waals surface area contributed by atoms with Gasteiger partial charge in [-0.3, -0.25) is 24.5 Å². The van der Waals surface area contributed by atoms with Crippen molar-refractivity contribution >= 4 is 52.1 Å². The molecule has 9 nitrogen and oxygen atoms in total. The number of methoxy groups -OCH3 is 1. The van der Waals surface area contributed by atoms with Crippen LogP contribution >= 0.6 is 23.2 Å². The first-order valence-electron chi connectivity index (χ1n) is 10.5. The molecular formula is C24H17Cl2N3O6. The Labute approximate surface area is 209 Å². The van der Waals surface area contributed by atoms with Gasteiger partial charge in [-0.2, -0.15) is 0 Å². The van der Waals surface area contributed by atoms with Crippen LogP contribution in [0.25, 0.3) is 0 Å². The molecule has 2 aliphatic rings. The van der Waals surface area contributed by atoms with E-state index in [1.807, 2.05) is 0 Å². The summed E-state index contributed by atoms with van der Waals surface area (Å²) < 4.78 is 5.35. The van der Waals surface area contributed by atoms with E-state index in [1.165, 1.54) is 36.4 Å². The van der Waals surface area contributed by atoms with Gasteiger partial charge in [0.2, 0.25) is 5.91 Å². The molecule has 11 heteroatoms. The molecule has 3 unspecified atom stereocenters. The molecule has 0 spiro atoms. The fourth-order valence-electron chi connectivity index (χ4n) is 4.49. The summed E-state index contributed by atoms with van der Waals surface area (Å²) in [6.45, 7) is 0. The van der Waals surface area contributed by atoms with E-state index in [1.54, 1.807) is 42.5 Å². The maximum absolute atomic E-state index is 13.7. The van der Waals surface area contributed by atoms with E-state index < -0.39 is 34.8 Å². The number of rotatable bonds is 5. The van der Waals surface area contributed by atoms with Crippen molar-refractivity contribution in [3.05, 3.63) is 92.5 Å². The van der Waals surface area contributed by atoms with Crippen LogP contribution in [0.2, 0.25) is 10.0 Å². The van der Waals surface area contributed by atoms with Crippen LogP contribution in [0.15, 0.2) is 66.7 Å². The van der Waals surface area contributed by atoms with Crippen LogP contribution in [0.5, 0.6) is 5.75 Å². The number of ether oxygens (including phenoxy) is 1. The lowest BCUT2D eigenvalue weighted by atomic mass is 9.90. The molecule has 3 atom stereocenters. The molecule has 5 rings (SSSR count). The smallest absolute Gasteiger partial charge is 0.271 e. The molecule has 2 heterocycles. The molecule has 0 N–H and O–H groups in total. The minimum Gasteiger partial charge on any atom is -0.495 e. The van der Waals surface area contributed by atoms with Crippen LogP contribution in [-0.4, -0.2) is 30.0 Å².